The zero-order valence-electron chi connectivity index (χ0n) is 62.4. The summed E-state index contributed by atoms with van der Waals surface area (Å²) >= 11 is 0. The average molecular weight is 1220 g/mol. The Bertz CT molecular complexity index is 5480. The van der Waals surface area contributed by atoms with E-state index in [1.165, 1.54) is 16.7 Å². The maximum atomic E-state index is 10.0. The van der Waals surface area contributed by atoms with Gasteiger partial charge in [0.25, 0.3) is 6.71 Å². The van der Waals surface area contributed by atoms with Gasteiger partial charge in [0.2, 0.25) is 0 Å². The molecule has 0 fully saturated rings. The van der Waals surface area contributed by atoms with Crippen LogP contribution >= 0.6 is 0 Å². The molecule has 3 nitrogen and oxygen atoms in total. The van der Waals surface area contributed by atoms with Gasteiger partial charge in [0, 0.05) is 55.8 Å². The molecule has 1 aromatic heterocycles. The number of hydrogen-bond donors (Lipinski definition) is 0. The molecule has 0 radical (unpaired) electrons. The standard InChI is InChI=1S/C90H76BN3/c1-59(2)51-65-37-21-22-38-71(65)66-48-50-83-79(55-66)91-78-54-64(67-52-68(89(3,4)5)56-69(53-67)90(6,7)8)47-49-82(78)93(87-72(60-29-13-9-14-30-60)41-27-42-73(87)61-31-15-10-16-32-61)84-57-70(92-80-45-25-23-39-76(80)77-40-24-26-46-81(77)92)58-85(86(84)91)94(83)88-74(62-33-17-11-18-34-62)43-28-44-75(88)63-35-19-12-20-36-63/h9-50,52-59H,51H2,1-8H3/i23D,24D,25D,26D,39D,40D,45D,46D. The van der Waals surface area contributed by atoms with Gasteiger partial charge in [0.1, 0.15) is 0 Å². The fraction of sp³-hybridized carbons (Fsp3) is 0.133. The molecule has 0 bridgehead atoms. The summed E-state index contributed by atoms with van der Waals surface area (Å²) in [5.74, 6) is 0.384. The second-order valence-corrected chi connectivity index (χ2v) is 27.8. The highest BCUT2D eigenvalue weighted by Gasteiger charge is 2.46. The molecule has 0 atom stereocenters. The lowest BCUT2D eigenvalue weighted by molar-refractivity contribution is 0.569. The first-order chi connectivity index (χ1) is 49.1. The van der Waals surface area contributed by atoms with E-state index >= 15 is 0 Å². The van der Waals surface area contributed by atoms with Crippen molar-refractivity contribution in [2.45, 2.75) is 72.6 Å². The summed E-state index contributed by atoms with van der Waals surface area (Å²) in [6.45, 7) is 17.8. The maximum Gasteiger partial charge on any atom is 0.252 e. The summed E-state index contributed by atoms with van der Waals surface area (Å²) in [7, 11) is 0. The number of benzene rings is 13. The molecule has 0 spiro atoms. The number of aromatic nitrogens is 1. The van der Waals surface area contributed by atoms with Crippen LogP contribution in [0.15, 0.2) is 297 Å². The first kappa shape index (κ1) is 50.0. The van der Waals surface area contributed by atoms with E-state index in [9.17, 15) is 11.0 Å². The molecule has 0 saturated carbocycles. The Hall–Kier alpha value is -10.7. The first-order valence-electron chi connectivity index (χ1n) is 36.9. The van der Waals surface area contributed by atoms with E-state index in [2.05, 4.69) is 290 Å². The minimum atomic E-state index is -0.507. The van der Waals surface area contributed by atoms with Crippen LogP contribution in [0.3, 0.4) is 0 Å². The molecule has 0 unspecified atom stereocenters. The molecule has 454 valence electrons. The van der Waals surface area contributed by atoms with Gasteiger partial charge in [-0.1, -0.05) is 316 Å². The summed E-state index contributed by atoms with van der Waals surface area (Å²) in [4.78, 5) is 4.86. The molecule has 4 heteroatoms. The van der Waals surface area contributed by atoms with E-state index in [-0.39, 0.29) is 44.7 Å². The SMILES string of the molecule is [2H]c1c([2H])c([2H])c2c(c1[2H])c1c([2H])c([2H])c([2H])c([2H])c1n2-c1cc2c3c(c1)N(c1c(-c4ccccc4)cccc1-c1ccccc1)c1ccc(-c4ccccc4CC(C)C)cc1B3c1cc(-c3cc(C(C)(C)C)cc(C(C)(C)C)c3)ccc1N2c1c(-c2ccccc2)cccc1-c1ccccc1. The monoisotopic (exact) mass is 1220 g/mol. The van der Waals surface area contributed by atoms with Crippen molar-refractivity contribution in [1.82, 2.24) is 4.57 Å². The van der Waals surface area contributed by atoms with Crippen molar-refractivity contribution in [3.05, 3.63) is 314 Å². The molecular weight excluding hydrogens is 1130 g/mol. The Morgan fingerprint density at radius 2 is 0.755 bits per heavy atom. The number of hydrogen-bond acceptors (Lipinski definition) is 2. The van der Waals surface area contributed by atoms with Gasteiger partial charge < -0.3 is 14.4 Å². The highest BCUT2D eigenvalue weighted by Crippen LogP contribution is 2.54. The topological polar surface area (TPSA) is 11.4 Å². The van der Waals surface area contributed by atoms with Gasteiger partial charge in [-0.3, -0.25) is 0 Å². The van der Waals surface area contributed by atoms with Crippen molar-refractivity contribution in [2.75, 3.05) is 9.80 Å². The van der Waals surface area contributed by atoms with Gasteiger partial charge >= 0.3 is 0 Å². The Kier molecular flexibility index (Phi) is 12.3. The molecule has 2 aliphatic heterocycles. The van der Waals surface area contributed by atoms with Crippen LogP contribution in [0, 0.1) is 5.92 Å². The van der Waals surface area contributed by atoms with Crippen molar-refractivity contribution in [1.29, 1.82) is 0 Å². The molecular formula is C90H76BN3. The molecule has 2 aliphatic rings. The van der Waals surface area contributed by atoms with Crippen molar-refractivity contribution in [3.8, 4) is 72.4 Å². The maximum absolute atomic E-state index is 10.0. The Balaban J connectivity index is 1.15. The molecule has 16 rings (SSSR count). The fourth-order valence-corrected chi connectivity index (χ4v) is 14.7. The summed E-state index contributed by atoms with van der Waals surface area (Å²) in [5, 5.41) is 0.00217. The number of fused-ring (bicyclic) bond motifs is 7. The van der Waals surface area contributed by atoms with E-state index < -0.39 is 43.0 Å². The van der Waals surface area contributed by atoms with Crippen LogP contribution < -0.4 is 26.2 Å². The largest absolute Gasteiger partial charge is 0.310 e. The van der Waals surface area contributed by atoms with Gasteiger partial charge in [-0.2, -0.15) is 0 Å². The first-order valence-corrected chi connectivity index (χ1v) is 32.9. The zero-order valence-corrected chi connectivity index (χ0v) is 54.4. The normalized spacial score (nSPS) is 13.9. The van der Waals surface area contributed by atoms with Crippen LogP contribution in [0.5, 0.6) is 0 Å². The lowest BCUT2D eigenvalue weighted by Gasteiger charge is -2.46. The molecule has 14 aromatic rings. The predicted molar refractivity (Wildman–Crippen MR) is 403 cm³/mol. The Labute approximate surface area is 566 Å². The third kappa shape index (κ3) is 10.1. The molecule has 0 amide bonds. The van der Waals surface area contributed by atoms with Crippen LogP contribution in [-0.4, -0.2) is 11.3 Å². The minimum absolute atomic E-state index is 0.00109. The number of anilines is 6. The van der Waals surface area contributed by atoms with Crippen molar-refractivity contribution >= 4 is 79.0 Å². The third-order valence-corrected chi connectivity index (χ3v) is 19.2. The number of para-hydroxylation sites is 4. The lowest BCUT2D eigenvalue weighted by atomic mass is 9.33. The summed E-state index contributed by atoms with van der Waals surface area (Å²) in [6.07, 6.45) is 0.876. The quantitative estimate of drug-likeness (QED) is 0.120. The highest BCUT2D eigenvalue weighted by molar-refractivity contribution is 7.00. The number of nitrogens with zero attached hydrogens (tertiary/aromatic N) is 3. The van der Waals surface area contributed by atoms with Gasteiger partial charge in [0.05, 0.1) is 39.1 Å². The van der Waals surface area contributed by atoms with Crippen LogP contribution in [-0.2, 0) is 17.3 Å². The molecule has 13 aromatic carbocycles. The van der Waals surface area contributed by atoms with Crippen molar-refractivity contribution in [3.63, 3.8) is 0 Å². The molecule has 0 N–H and O–H groups in total. The van der Waals surface area contributed by atoms with Crippen LogP contribution in [0.4, 0.5) is 34.1 Å². The summed E-state index contributed by atoms with van der Waals surface area (Å²) < 4.78 is 78.5. The highest BCUT2D eigenvalue weighted by atomic mass is 15.2. The Morgan fingerprint density at radius 3 is 1.19 bits per heavy atom. The number of rotatable bonds is 11. The van der Waals surface area contributed by atoms with Crippen molar-refractivity contribution in [2.24, 2.45) is 5.92 Å². The summed E-state index contributed by atoms with van der Waals surface area (Å²) in [5.41, 5.74) is 24.2. The second-order valence-electron chi connectivity index (χ2n) is 27.8. The van der Waals surface area contributed by atoms with Gasteiger partial charge in [-0.15, -0.1) is 0 Å². The molecule has 0 saturated heterocycles. The van der Waals surface area contributed by atoms with Crippen molar-refractivity contribution < 1.29 is 11.0 Å². The van der Waals surface area contributed by atoms with Gasteiger partial charge in [-0.05, 0) is 137 Å². The fourth-order valence-electron chi connectivity index (χ4n) is 14.7. The van der Waals surface area contributed by atoms with Crippen LogP contribution in [0.25, 0.3) is 94.3 Å². The van der Waals surface area contributed by atoms with E-state index in [0.717, 1.165) is 124 Å². The van der Waals surface area contributed by atoms with E-state index in [0.29, 0.717) is 11.6 Å². The van der Waals surface area contributed by atoms with Gasteiger partial charge in [-0.25, -0.2) is 0 Å². The van der Waals surface area contributed by atoms with E-state index in [1.807, 2.05) is 24.3 Å². The average Bonchev–Trinajstić information content (AvgIpc) is 0.995. The van der Waals surface area contributed by atoms with E-state index in [4.69, 9.17) is 0 Å². The molecule has 94 heavy (non-hydrogen) atoms. The minimum Gasteiger partial charge on any atom is -0.310 e. The van der Waals surface area contributed by atoms with Gasteiger partial charge in [0.15, 0.2) is 0 Å². The third-order valence-electron chi connectivity index (χ3n) is 19.2. The second kappa shape index (κ2) is 23.2. The molecule has 3 heterocycles. The lowest BCUT2D eigenvalue weighted by Crippen LogP contribution is -2.61. The van der Waals surface area contributed by atoms with E-state index in [1.54, 1.807) is 4.57 Å². The summed E-state index contributed by atoms with van der Waals surface area (Å²) in [6, 6.07) is 85.8. The van der Waals surface area contributed by atoms with Crippen LogP contribution in [0.1, 0.15) is 83.0 Å². The predicted octanol–water partition coefficient (Wildman–Crippen LogP) is 22.7. The zero-order chi connectivity index (χ0) is 70.9. The smallest absolute Gasteiger partial charge is 0.252 e. The van der Waals surface area contributed by atoms with Crippen LogP contribution in [0.2, 0.25) is 0 Å². The Morgan fingerprint density at radius 1 is 0.362 bits per heavy atom. The molecule has 0 aliphatic carbocycles.